The SMILES string of the molecule is OCCc1coc(-c2ccccc2)c1. The maximum Gasteiger partial charge on any atom is 0.134 e. The van der Waals surface area contributed by atoms with Crippen molar-refractivity contribution in [3.63, 3.8) is 0 Å². The Balaban J connectivity index is 2.25. The Labute approximate surface area is 82.8 Å². The number of furan rings is 1. The zero-order valence-corrected chi connectivity index (χ0v) is 7.81. The van der Waals surface area contributed by atoms with Crippen LogP contribution in [0.2, 0.25) is 0 Å². The van der Waals surface area contributed by atoms with Crippen LogP contribution in [0.25, 0.3) is 11.3 Å². The molecule has 0 spiro atoms. The molecule has 1 heterocycles. The number of hydrogen-bond acceptors (Lipinski definition) is 2. The number of hydrogen-bond donors (Lipinski definition) is 1. The second kappa shape index (κ2) is 4.11. The van der Waals surface area contributed by atoms with Crippen LogP contribution in [0, 0.1) is 0 Å². The number of benzene rings is 1. The molecule has 1 aromatic carbocycles. The molecule has 0 bridgehead atoms. The fourth-order valence-corrected chi connectivity index (χ4v) is 1.39. The Kier molecular flexibility index (Phi) is 2.65. The third kappa shape index (κ3) is 1.86. The highest BCUT2D eigenvalue weighted by Gasteiger charge is 2.02. The third-order valence-corrected chi connectivity index (χ3v) is 2.11. The maximum atomic E-state index is 8.76. The minimum absolute atomic E-state index is 0.160. The van der Waals surface area contributed by atoms with Crippen LogP contribution < -0.4 is 0 Å². The molecule has 0 amide bonds. The predicted octanol–water partition coefficient (Wildman–Crippen LogP) is 2.48. The summed E-state index contributed by atoms with van der Waals surface area (Å²) in [5, 5.41) is 8.76. The molecular formula is C12H12O2. The van der Waals surface area contributed by atoms with E-state index in [1.54, 1.807) is 6.26 Å². The molecule has 0 aliphatic rings. The molecule has 0 unspecified atom stereocenters. The van der Waals surface area contributed by atoms with E-state index in [-0.39, 0.29) is 6.61 Å². The summed E-state index contributed by atoms with van der Waals surface area (Å²) in [7, 11) is 0. The van der Waals surface area contributed by atoms with Gasteiger partial charge in [-0.3, -0.25) is 0 Å². The molecule has 0 atom stereocenters. The van der Waals surface area contributed by atoms with Gasteiger partial charge in [-0.1, -0.05) is 30.3 Å². The fraction of sp³-hybridized carbons (Fsp3) is 0.167. The van der Waals surface area contributed by atoms with Crippen LogP contribution in [0.1, 0.15) is 5.56 Å². The summed E-state index contributed by atoms with van der Waals surface area (Å²) in [6, 6.07) is 11.9. The maximum absolute atomic E-state index is 8.76. The van der Waals surface area contributed by atoms with Gasteiger partial charge >= 0.3 is 0 Å². The highest BCUT2D eigenvalue weighted by Crippen LogP contribution is 2.21. The average Bonchev–Trinajstić information content (AvgIpc) is 2.68. The van der Waals surface area contributed by atoms with Crippen molar-refractivity contribution in [3.8, 4) is 11.3 Å². The zero-order valence-electron chi connectivity index (χ0n) is 7.81. The first-order valence-corrected chi connectivity index (χ1v) is 4.64. The van der Waals surface area contributed by atoms with Gasteiger partial charge in [0.15, 0.2) is 0 Å². The summed E-state index contributed by atoms with van der Waals surface area (Å²) >= 11 is 0. The Morgan fingerprint density at radius 2 is 1.93 bits per heavy atom. The predicted molar refractivity (Wildman–Crippen MR) is 54.9 cm³/mol. The molecule has 2 aromatic rings. The van der Waals surface area contributed by atoms with Crippen molar-refractivity contribution < 1.29 is 9.52 Å². The second-order valence-electron chi connectivity index (χ2n) is 3.16. The molecule has 0 radical (unpaired) electrons. The van der Waals surface area contributed by atoms with E-state index in [1.807, 2.05) is 36.4 Å². The molecule has 72 valence electrons. The van der Waals surface area contributed by atoms with E-state index in [0.29, 0.717) is 6.42 Å². The number of rotatable bonds is 3. The lowest BCUT2D eigenvalue weighted by Crippen LogP contribution is -1.86. The topological polar surface area (TPSA) is 33.4 Å². The average molecular weight is 188 g/mol. The van der Waals surface area contributed by atoms with Gasteiger partial charge in [0, 0.05) is 12.2 Å². The van der Waals surface area contributed by atoms with E-state index in [9.17, 15) is 0 Å². The van der Waals surface area contributed by atoms with E-state index in [1.165, 1.54) is 0 Å². The number of aliphatic hydroxyl groups is 1. The first-order chi connectivity index (χ1) is 6.90. The van der Waals surface area contributed by atoms with Crippen LogP contribution in [0.3, 0.4) is 0 Å². The quantitative estimate of drug-likeness (QED) is 0.802. The Morgan fingerprint density at radius 1 is 1.14 bits per heavy atom. The van der Waals surface area contributed by atoms with Crippen LogP contribution in [0.4, 0.5) is 0 Å². The van der Waals surface area contributed by atoms with Crippen molar-refractivity contribution in [3.05, 3.63) is 48.2 Å². The molecule has 2 heteroatoms. The second-order valence-corrected chi connectivity index (χ2v) is 3.16. The Hall–Kier alpha value is -1.54. The zero-order chi connectivity index (χ0) is 9.80. The molecular weight excluding hydrogens is 176 g/mol. The first-order valence-electron chi connectivity index (χ1n) is 4.64. The van der Waals surface area contributed by atoms with Gasteiger partial charge < -0.3 is 9.52 Å². The van der Waals surface area contributed by atoms with Crippen LogP contribution in [0.5, 0.6) is 0 Å². The Morgan fingerprint density at radius 3 is 2.64 bits per heavy atom. The van der Waals surface area contributed by atoms with Crippen molar-refractivity contribution >= 4 is 0 Å². The molecule has 0 aliphatic heterocycles. The Bertz CT molecular complexity index is 390. The molecule has 0 fully saturated rings. The molecule has 0 saturated carbocycles. The van der Waals surface area contributed by atoms with E-state index in [2.05, 4.69) is 0 Å². The minimum atomic E-state index is 0.160. The lowest BCUT2D eigenvalue weighted by atomic mass is 10.1. The van der Waals surface area contributed by atoms with Gasteiger partial charge in [0.25, 0.3) is 0 Å². The standard InChI is InChI=1S/C12H12O2/c13-7-6-10-8-12(14-9-10)11-4-2-1-3-5-11/h1-5,8-9,13H,6-7H2. The fourth-order valence-electron chi connectivity index (χ4n) is 1.39. The van der Waals surface area contributed by atoms with Crippen LogP contribution in [-0.4, -0.2) is 11.7 Å². The first kappa shape index (κ1) is 9.03. The van der Waals surface area contributed by atoms with Gasteiger partial charge in [-0.15, -0.1) is 0 Å². The smallest absolute Gasteiger partial charge is 0.134 e. The summed E-state index contributed by atoms with van der Waals surface area (Å²) < 4.78 is 5.39. The largest absolute Gasteiger partial charge is 0.464 e. The van der Waals surface area contributed by atoms with Gasteiger partial charge in [-0.25, -0.2) is 0 Å². The summed E-state index contributed by atoms with van der Waals surface area (Å²) in [5.41, 5.74) is 2.10. The van der Waals surface area contributed by atoms with Crippen molar-refractivity contribution in [1.29, 1.82) is 0 Å². The molecule has 0 saturated heterocycles. The summed E-state index contributed by atoms with van der Waals surface area (Å²) in [6.45, 7) is 0.160. The highest BCUT2D eigenvalue weighted by atomic mass is 16.3. The van der Waals surface area contributed by atoms with Crippen LogP contribution in [0.15, 0.2) is 47.1 Å². The lowest BCUT2D eigenvalue weighted by Gasteiger charge is -1.93. The van der Waals surface area contributed by atoms with Crippen molar-refractivity contribution in [2.75, 3.05) is 6.61 Å². The summed E-state index contributed by atoms with van der Waals surface area (Å²) in [5.74, 6) is 0.856. The monoisotopic (exact) mass is 188 g/mol. The van der Waals surface area contributed by atoms with Gasteiger partial charge in [0.05, 0.1) is 6.26 Å². The molecule has 14 heavy (non-hydrogen) atoms. The van der Waals surface area contributed by atoms with Gasteiger partial charge in [0.2, 0.25) is 0 Å². The minimum Gasteiger partial charge on any atom is -0.464 e. The van der Waals surface area contributed by atoms with Gasteiger partial charge in [-0.2, -0.15) is 0 Å². The van der Waals surface area contributed by atoms with Crippen molar-refractivity contribution in [2.45, 2.75) is 6.42 Å². The normalized spacial score (nSPS) is 10.4. The molecule has 1 aromatic heterocycles. The van der Waals surface area contributed by atoms with Gasteiger partial charge in [0.1, 0.15) is 5.76 Å². The summed E-state index contributed by atoms with van der Waals surface area (Å²) in [6.07, 6.45) is 2.34. The highest BCUT2D eigenvalue weighted by molar-refractivity contribution is 5.57. The third-order valence-electron chi connectivity index (χ3n) is 2.11. The molecule has 1 N–H and O–H groups in total. The molecule has 0 aliphatic carbocycles. The van der Waals surface area contributed by atoms with Gasteiger partial charge in [-0.05, 0) is 18.1 Å². The van der Waals surface area contributed by atoms with Crippen LogP contribution in [-0.2, 0) is 6.42 Å². The van der Waals surface area contributed by atoms with E-state index >= 15 is 0 Å². The van der Waals surface area contributed by atoms with Crippen molar-refractivity contribution in [2.24, 2.45) is 0 Å². The van der Waals surface area contributed by atoms with Crippen molar-refractivity contribution in [1.82, 2.24) is 0 Å². The molecule has 2 rings (SSSR count). The lowest BCUT2D eigenvalue weighted by molar-refractivity contribution is 0.299. The number of aliphatic hydroxyl groups excluding tert-OH is 1. The van der Waals surface area contributed by atoms with E-state index in [0.717, 1.165) is 16.9 Å². The van der Waals surface area contributed by atoms with E-state index < -0.39 is 0 Å². The van der Waals surface area contributed by atoms with E-state index in [4.69, 9.17) is 9.52 Å². The molecule has 2 nitrogen and oxygen atoms in total. The summed E-state index contributed by atoms with van der Waals surface area (Å²) in [4.78, 5) is 0. The van der Waals surface area contributed by atoms with Crippen LogP contribution >= 0.6 is 0 Å².